The molecule has 7 heteroatoms. The normalized spacial score (nSPS) is 49.1. The number of hydrogen-bond donors (Lipinski definition) is 4. The Hall–Kier alpha value is -1.54. The number of ketones is 1. The van der Waals surface area contributed by atoms with Gasteiger partial charge in [0.1, 0.15) is 0 Å². The summed E-state index contributed by atoms with van der Waals surface area (Å²) >= 11 is 3.54. The average Bonchev–Trinajstić information content (AvgIpc) is 2.94. The highest BCUT2D eigenvalue weighted by molar-refractivity contribution is 9.10. The summed E-state index contributed by atoms with van der Waals surface area (Å²) in [6.45, 7) is 13.0. The molecule has 6 rings (SSSR count). The molecule has 6 nitrogen and oxygen atoms in total. The maximum Gasteiger partial charge on any atom is 0.231 e. The van der Waals surface area contributed by atoms with Crippen molar-refractivity contribution in [3.05, 3.63) is 40.4 Å². The Kier molecular flexibility index (Phi) is 7.48. The van der Waals surface area contributed by atoms with Crippen LogP contribution in [0.4, 0.5) is 5.69 Å². The van der Waals surface area contributed by atoms with E-state index in [1.807, 2.05) is 37.3 Å². The standard InChI is InChI=1S/C36H50BrNO5/c1-20-10-13-36(31(43)38-23-9-7-8-22(37)16-23)15-14-34(5)24(28(36)21(20)2)17-25(40)29-32(3)18-26(41)30(42)33(4,19-39)27(32)11-12-35(29,34)6/h7-9,16-17,20-21,26-30,39,41-42H,10-15,18-19H2,1-6H3,(H,38,43)/t20-,21+,26-,27-,28+,29-,30+,32+,33+,34-,35-,36+/m1/s1. The minimum Gasteiger partial charge on any atom is -0.396 e. The maximum absolute atomic E-state index is 14.7. The lowest BCUT2D eigenvalue weighted by atomic mass is 9.33. The fraction of sp³-hybridized carbons (Fsp3) is 0.722. The van der Waals surface area contributed by atoms with E-state index in [1.54, 1.807) is 0 Å². The number of fused-ring (bicyclic) bond motifs is 7. The van der Waals surface area contributed by atoms with Crippen LogP contribution in [0.2, 0.25) is 0 Å². The van der Waals surface area contributed by atoms with Gasteiger partial charge in [-0.2, -0.15) is 0 Å². The predicted molar refractivity (Wildman–Crippen MR) is 171 cm³/mol. The van der Waals surface area contributed by atoms with Gasteiger partial charge < -0.3 is 20.6 Å². The Bertz CT molecular complexity index is 1360. The molecule has 1 aromatic carbocycles. The van der Waals surface area contributed by atoms with Crippen LogP contribution >= 0.6 is 15.9 Å². The zero-order valence-electron chi connectivity index (χ0n) is 26.6. The molecule has 0 aliphatic heterocycles. The first kappa shape index (κ1) is 31.4. The first-order valence-electron chi connectivity index (χ1n) is 16.4. The Morgan fingerprint density at radius 1 is 1.05 bits per heavy atom. The number of hydrogen-bond acceptors (Lipinski definition) is 5. The summed E-state index contributed by atoms with van der Waals surface area (Å²) in [7, 11) is 0. The second-order valence-corrected chi connectivity index (χ2v) is 17.1. The van der Waals surface area contributed by atoms with Gasteiger partial charge in [-0.15, -0.1) is 0 Å². The lowest BCUT2D eigenvalue weighted by Crippen LogP contribution is -2.70. The van der Waals surface area contributed by atoms with E-state index >= 15 is 0 Å². The second-order valence-electron chi connectivity index (χ2n) is 16.1. The van der Waals surface area contributed by atoms with E-state index in [-0.39, 0.29) is 52.8 Å². The molecule has 0 aromatic heterocycles. The smallest absolute Gasteiger partial charge is 0.231 e. The molecule has 0 spiro atoms. The van der Waals surface area contributed by atoms with Crippen LogP contribution < -0.4 is 5.32 Å². The van der Waals surface area contributed by atoms with Crippen molar-refractivity contribution in [2.75, 3.05) is 11.9 Å². The summed E-state index contributed by atoms with van der Waals surface area (Å²) < 4.78 is 0.919. The minimum absolute atomic E-state index is 0.0316. The third kappa shape index (κ3) is 4.12. The molecule has 12 atom stereocenters. The Balaban J connectivity index is 1.46. The van der Waals surface area contributed by atoms with E-state index in [1.165, 1.54) is 0 Å². The molecule has 0 heterocycles. The first-order valence-corrected chi connectivity index (χ1v) is 17.2. The highest BCUT2D eigenvalue weighted by Gasteiger charge is 2.72. The third-order valence-electron chi connectivity index (χ3n) is 14.4. The monoisotopic (exact) mass is 655 g/mol. The SMILES string of the molecule is C[C@H]1[C@H](C)CC[C@]2(C(=O)Nc3cccc(Br)c3)CC[C@]3(C)C(=CC(=O)[C@@H]4[C@@]5(C)C[C@@H](O)[C@H](O)[C@@](C)(CO)[C@@H]5CC[C@]43C)[C@H]12. The molecule has 5 aliphatic carbocycles. The van der Waals surface area contributed by atoms with Crippen LogP contribution in [0.1, 0.15) is 86.5 Å². The molecule has 236 valence electrons. The van der Waals surface area contributed by atoms with Gasteiger partial charge >= 0.3 is 0 Å². The molecular formula is C36H50BrNO5. The number of carbonyl (C=O) groups excluding carboxylic acids is 2. The lowest BCUT2D eigenvalue weighted by Gasteiger charge is -2.71. The minimum atomic E-state index is -1.02. The van der Waals surface area contributed by atoms with Gasteiger partial charge in [0, 0.05) is 21.5 Å². The van der Waals surface area contributed by atoms with Crippen LogP contribution in [-0.4, -0.2) is 45.8 Å². The molecule has 0 saturated heterocycles. The lowest BCUT2D eigenvalue weighted by molar-refractivity contribution is -0.238. The third-order valence-corrected chi connectivity index (χ3v) is 14.8. The molecule has 0 radical (unpaired) electrons. The molecule has 4 fully saturated rings. The zero-order chi connectivity index (χ0) is 31.3. The van der Waals surface area contributed by atoms with Crippen LogP contribution in [-0.2, 0) is 9.59 Å². The van der Waals surface area contributed by atoms with Gasteiger partial charge in [0.15, 0.2) is 5.78 Å². The van der Waals surface area contributed by atoms with Gasteiger partial charge in [0.05, 0.1) is 24.2 Å². The summed E-state index contributed by atoms with van der Waals surface area (Å²) in [6, 6.07) is 7.75. The Morgan fingerprint density at radius 3 is 2.44 bits per heavy atom. The van der Waals surface area contributed by atoms with E-state index in [0.29, 0.717) is 12.3 Å². The molecule has 1 amide bonds. The van der Waals surface area contributed by atoms with Crippen molar-refractivity contribution < 1.29 is 24.9 Å². The molecule has 43 heavy (non-hydrogen) atoms. The van der Waals surface area contributed by atoms with Gasteiger partial charge in [-0.05, 0) is 109 Å². The molecule has 0 bridgehead atoms. The van der Waals surface area contributed by atoms with Crippen molar-refractivity contribution in [2.45, 2.75) is 98.7 Å². The van der Waals surface area contributed by atoms with E-state index in [4.69, 9.17) is 0 Å². The van der Waals surface area contributed by atoms with Crippen LogP contribution in [0.3, 0.4) is 0 Å². The highest BCUT2D eigenvalue weighted by atomic mass is 79.9. The Labute approximate surface area is 265 Å². The number of allylic oxidation sites excluding steroid dienone is 2. The van der Waals surface area contributed by atoms with Crippen LogP contribution in [0, 0.1) is 56.7 Å². The van der Waals surface area contributed by atoms with E-state index < -0.39 is 28.5 Å². The summed E-state index contributed by atoms with van der Waals surface area (Å²) in [5.74, 6) is 0.397. The fourth-order valence-electron chi connectivity index (χ4n) is 11.7. The fourth-order valence-corrected chi connectivity index (χ4v) is 12.1. The van der Waals surface area contributed by atoms with Gasteiger partial charge in [-0.1, -0.05) is 69.1 Å². The van der Waals surface area contributed by atoms with Crippen LogP contribution in [0.15, 0.2) is 40.4 Å². The van der Waals surface area contributed by atoms with Crippen LogP contribution in [0.25, 0.3) is 0 Å². The summed E-state index contributed by atoms with van der Waals surface area (Å²) in [5.41, 5.74) is -0.734. The van der Waals surface area contributed by atoms with Gasteiger partial charge in [0.25, 0.3) is 0 Å². The second kappa shape index (κ2) is 10.2. The van der Waals surface area contributed by atoms with E-state index in [0.717, 1.165) is 54.3 Å². The van der Waals surface area contributed by atoms with Gasteiger partial charge in [-0.25, -0.2) is 0 Å². The molecule has 4 N–H and O–H groups in total. The molecule has 0 unspecified atom stereocenters. The van der Waals surface area contributed by atoms with Crippen LogP contribution in [0.5, 0.6) is 0 Å². The average molecular weight is 657 g/mol. The summed E-state index contributed by atoms with van der Waals surface area (Å²) in [4.78, 5) is 29.1. The van der Waals surface area contributed by atoms with Crippen molar-refractivity contribution in [1.82, 2.24) is 0 Å². The van der Waals surface area contributed by atoms with Crippen molar-refractivity contribution in [2.24, 2.45) is 56.7 Å². The summed E-state index contributed by atoms with van der Waals surface area (Å²) in [5, 5.41) is 36.0. The number of anilines is 1. The zero-order valence-corrected chi connectivity index (χ0v) is 28.2. The number of amides is 1. The first-order chi connectivity index (χ1) is 20.1. The van der Waals surface area contributed by atoms with Crippen molar-refractivity contribution in [3.63, 3.8) is 0 Å². The maximum atomic E-state index is 14.7. The van der Waals surface area contributed by atoms with E-state index in [9.17, 15) is 24.9 Å². The highest BCUT2D eigenvalue weighted by Crippen LogP contribution is 2.75. The number of rotatable bonds is 3. The number of aliphatic hydroxyl groups excluding tert-OH is 3. The predicted octanol–water partition coefficient (Wildman–Crippen LogP) is 6.53. The molecule has 4 saturated carbocycles. The van der Waals surface area contributed by atoms with Gasteiger partial charge in [-0.3, -0.25) is 9.59 Å². The summed E-state index contributed by atoms with van der Waals surface area (Å²) in [6.07, 6.45) is 5.25. The van der Waals surface area contributed by atoms with Gasteiger partial charge in [0.2, 0.25) is 5.91 Å². The van der Waals surface area contributed by atoms with Crippen molar-refractivity contribution in [3.8, 4) is 0 Å². The number of benzene rings is 1. The number of carbonyl (C=O) groups is 2. The van der Waals surface area contributed by atoms with E-state index in [2.05, 4.69) is 55.9 Å². The Morgan fingerprint density at radius 2 is 1.77 bits per heavy atom. The molecular weight excluding hydrogens is 606 g/mol. The quantitative estimate of drug-likeness (QED) is 0.296. The number of aliphatic hydroxyl groups is 3. The van der Waals surface area contributed by atoms with Crippen molar-refractivity contribution >= 4 is 33.3 Å². The van der Waals surface area contributed by atoms with Crippen molar-refractivity contribution in [1.29, 1.82) is 0 Å². The number of halogens is 1. The number of nitrogens with one attached hydrogen (secondary N) is 1. The molecule has 5 aliphatic rings. The molecule has 1 aromatic rings. The topological polar surface area (TPSA) is 107 Å². The largest absolute Gasteiger partial charge is 0.396 e.